The van der Waals surface area contributed by atoms with Crippen molar-refractivity contribution >= 4 is 11.4 Å². The normalized spacial score (nSPS) is 22.8. The Balaban J connectivity index is 1.75. The molecule has 2 fully saturated rings. The molecule has 3 heteroatoms. The Morgan fingerprint density at radius 3 is 2.41 bits per heavy atom. The predicted octanol–water partition coefficient (Wildman–Crippen LogP) is 2.01. The average molecular weight is 231 g/mol. The van der Waals surface area contributed by atoms with Crippen molar-refractivity contribution in [3.63, 3.8) is 0 Å². The summed E-state index contributed by atoms with van der Waals surface area (Å²) in [7, 11) is 4.23. The van der Waals surface area contributed by atoms with Crippen molar-refractivity contribution < 1.29 is 0 Å². The number of hydrogen-bond acceptors (Lipinski definition) is 3. The quantitative estimate of drug-likeness (QED) is 0.840. The number of piperazine rings is 1. The molecule has 1 saturated carbocycles. The summed E-state index contributed by atoms with van der Waals surface area (Å²) in [6.07, 6.45) is 2.74. The summed E-state index contributed by atoms with van der Waals surface area (Å²) < 4.78 is 0. The molecular weight excluding hydrogens is 210 g/mol. The standard InChI is InChI=1S/C14H21N3/c1-15-12-3-5-13(6-4-12)17-10-9-16(2)14(11-17)7-8-14/h3-6,15H,7-11H2,1-2H3. The van der Waals surface area contributed by atoms with Gasteiger partial charge in [-0.2, -0.15) is 0 Å². The van der Waals surface area contributed by atoms with E-state index < -0.39 is 0 Å². The van der Waals surface area contributed by atoms with E-state index in [1.807, 2.05) is 7.05 Å². The summed E-state index contributed by atoms with van der Waals surface area (Å²) >= 11 is 0. The summed E-state index contributed by atoms with van der Waals surface area (Å²) in [6.45, 7) is 3.54. The van der Waals surface area contributed by atoms with Crippen molar-refractivity contribution in [2.75, 3.05) is 43.9 Å². The highest BCUT2D eigenvalue weighted by molar-refractivity contribution is 5.55. The lowest BCUT2D eigenvalue weighted by atomic mass is 10.1. The second-order valence-electron chi connectivity index (χ2n) is 5.36. The third-order valence-electron chi connectivity index (χ3n) is 4.35. The van der Waals surface area contributed by atoms with Crippen molar-refractivity contribution in [1.82, 2.24) is 4.90 Å². The van der Waals surface area contributed by atoms with E-state index in [0.717, 1.165) is 6.54 Å². The molecule has 0 bridgehead atoms. The van der Waals surface area contributed by atoms with Crippen LogP contribution in [0.4, 0.5) is 11.4 Å². The van der Waals surface area contributed by atoms with Crippen LogP contribution in [0.1, 0.15) is 12.8 Å². The molecule has 0 aromatic heterocycles. The second kappa shape index (κ2) is 3.91. The van der Waals surface area contributed by atoms with Gasteiger partial charge in [-0.1, -0.05) is 0 Å². The van der Waals surface area contributed by atoms with E-state index in [4.69, 9.17) is 0 Å². The van der Waals surface area contributed by atoms with E-state index in [0.29, 0.717) is 5.54 Å². The average Bonchev–Trinajstić information content (AvgIpc) is 3.14. The third-order valence-corrected chi connectivity index (χ3v) is 4.35. The maximum atomic E-state index is 3.17. The fourth-order valence-electron chi connectivity index (χ4n) is 2.81. The Morgan fingerprint density at radius 1 is 1.12 bits per heavy atom. The SMILES string of the molecule is CNc1ccc(N2CCN(C)C3(CC3)C2)cc1. The maximum Gasteiger partial charge on any atom is 0.0383 e. The Labute approximate surface area is 103 Å². The number of benzene rings is 1. The molecule has 1 spiro atoms. The summed E-state index contributed by atoms with van der Waals surface area (Å²) in [5, 5.41) is 3.17. The zero-order valence-electron chi connectivity index (χ0n) is 10.7. The number of hydrogen-bond donors (Lipinski definition) is 1. The zero-order chi connectivity index (χ0) is 11.9. The van der Waals surface area contributed by atoms with Crippen LogP contribution in [0.5, 0.6) is 0 Å². The minimum atomic E-state index is 0.500. The van der Waals surface area contributed by atoms with E-state index in [1.165, 1.54) is 37.3 Å². The van der Waals surface area contributed by atoms with Gasteiger partial charge in [0, 0.05) is 43.6 Å². The molecule has 1 saturated heterocycles. The highest BCUT2D eigenvalue weighted by Gasteiger charge is 2.49. The van der Waals surface area contributed by atoms with Crippen LogP contribution in [0.25, 0.3) is 0 Å². The first-order valence-electron chi connectivity index (χ1n) is 6.48. The van der Waals surface area contributed by atoms with Gasteiger partial charge < -0.3 is 10.2 Å². The largest absolute Gasteiger partial charge is 0.388 e. The Morgan fingerprint density at radius 2 is 1.82 bits per heavy atom. The molecule has 2 aliphatic rings. The molecule has 3 rings (SSSR count). The van der Waals surface area contributed by atoms with E-state index >= 15 is 0 Å². The first-order chi connectivity index (χ1) is 8.23. The Hall–Kier alpha value is -1.22. The first-order valence-corrected chi connectivity index (χ1v) is 6.48. The summed E-state index contributed by atoms with van der Waals surface area (Å²) in [5.41, 5.74) is 3.05. The second-order valence-corrected chi connectivity index (χ2v) is 5.36. The Bertz CT molecular complexity index is 394. The third kappa shape index (κ3) is 1.89. The van der Waals surface area contributed by atoms with Gasteiger partial charge in [-0.3, -0.25) is 4.90 Å². The highest BCUT2D eigenvalue weighted by Crippen LogP contribution is 2.44. The van der Waals surface area contributed by atoms with Crippen molar-refractivity contribution in [1.29, 1.82) is 0 Å². The van der Waals surface area contributed by atoms with Crippen LogP contribution in [-0.2, 0) is 0 Å². The molecule has 3 nitrogen and oxygen atoms in total. The van der Waals surface area contributed by atoms with Crippen LogP contribution in [0.15, 0.2) is 24.3 Å². The van der Waals surface area contributed by atoms with E-state index in [-0.39, 0.29) is 0 Å². The molecular formula is C14H21N3. The fourth-order valence-corrected chi connectivity index (χ4v) is 2.81. The topological polar surface area (TPSA) is 18.5 Å². The molecule has 1 aliphatic heterocycles. The smallest absolute Gasteiger partial charge is 0.0383 e. The van der Waals surface area contributed by atoms with Gasteiger partial charge >= 0.3 is 0 Å². The predicted molar refractivity (Wildman–Crippen MR) is 72.8 cm³/mol. The summed E-state index contributed by atoms with van der Waals surface area (Å²) in [4.78, 5) is 5.08. The molecule has 0 radical (unpaired) electrons. The molecule has 1 aromatic rings. The van der Waals surface area contributed by atoms with Crippen molar-refractivity contribution in [2.24, 2.45) is 0 Å². The van der Waals surface area contributed by atoms with Gasteiger partial charge in [0.15, 0.2) is 0 Å². The lowest BCUT2D eigenvalue weighted by Crippen LogP contribution is -2.53. The molecule has 1 heterocycles. The van der Waals surface area contributed by atoms with Crippen LogP contribution in [0, 0.1) is 0 Å². The molecule has 1 N–H and O–H groups in total. The van der Waals surface area contributed by atoms with Gasteiger partial charge in [-0.05, 0) is 44.2 Å². The number of rotatable bonds is 2. The number of nitrogens with zero attached hydrogens (tertiary/aromatic N) is 2. The van der Waals surface area contributed by atoms with E-state index in [9.17, 15) is 0 Å². The van der Waals surface area contributed by atoms with Gasteiger partial charge in [0.05, 0.1) is 0 Å². The maximum absolute atomic E-state index is 3.17. The first kappa shape index (κ1) is 10.9. The summed E-state index contributed by atoms with van der Waals surface area (Å²) in [5.74, 6) is 0. The van der Waals surface area contributed by atoms with Crippen LogP contribution in [-0.4, -0.2) is 44.2 Å². The van der Waals surface area contributed by atoms with Crippen LogP contribution in [0.2, 0.25) is 0 Å². The van der Waals surface area contributed by atoms with E-state index in [2.05, 4.69) is 46.4 Å². The van der Waals surface area contributed by atoms with Gasteiger partial charge in [-0.25, -0.2) is 0 Å². The van der Waals surface area contributed by atoms with Gasteiger partial charge in [0.1, 0.15) is 0 Å². The monoisotopic (exact) mass is 231 g/mol. The van der Waals surface area contributed by atoms with Gasteiger partial charge in [0.25, 0.3) is 0 Å². The summed E-state index contributed by atoms with van der Waals surface area (Å²) in [6, 6.07) is 8.78. The highest BCUT2D eigenvalue weighted by atomic mass is 15.3. The lowest BCUT2D eigenvalue weighted by Gasteiger charge is -2.41. The molecule has 0 unspecified atom stereocenters. The molecule has 0 atom stereocenters. The minimum absolute atomic E-state index is 0.500. The van der Waals surface area contributed by atoms with E-state index in [1.54, 1.807) is 0 Å². The molecule has 1 aliphatic carbocycles. The van der Waals surface area contributed by atoms with Gasteiger partial charge in [0.2, 0.25) is 0 Å². The molecule has 17 heavy (non-hydrogen) atoms. The van der Waals surface area contributed by atoms with Crippen molar-refractivity contribution in [2.45, 2.75) is 18.4 Å². The number of anilines is 2. The van der Waals surface area contributed by atoms with Crippen molar-refractivity contribution in [3.05, 3.63) is 24.3 Å². The fraction of sp³-hybridized carbons (Fsp3) is 0.571. The van der Waals surface area contributed by atoms with Crippen LogP contribution >= 0.6 is 0 Å². The van der Waals surface area contributed by atoms with Gasteiger partial charge in [-0.15, -0.1) is 0 Å². The zero-order valence-corrected chi connectivity index (χ0v) is 10.7. The minimum Gasteiger partial charge on any atom is -0.388 e. The number of nitrogens with one attached hydrogen (secondary N) is 1. The lowest BCUT2D eigenvalue weighted by molar-refractivity contribution is 0.199. The molecule has 1 aromatic carbocycles. The molecule has 0 amide bonds. The van der Waals surface area contributed by atoms with Crippen LogP contribution in [0.3, 0.4) is 0 Å². The number of likely N-dealkylation sites (N-methyl/N-ethyl adjacent to an activating group) is 1. The van der Waals surface area contributed by atoms with Crippen LogP contribution < -0.4 is 10.2 Å². The Kier molecular flexibility index (Phi) is 2.51. The van der Waals surface area contributed by atoms with Crippen molar-refractivity contribution in [3.8, 4) is 0 Å². The molecule has 92 valence electrons.